The number of anilines is 1. The van der Waals surface area contributed by atoms with E-state index in [9.17, 15) is 9.59 Å². The van der Waals surface area contributed by atoms with Gasteiger partial charge in [0.05, 0.1) is 5.54 Å². The molecule has 128 valence electrons. The first kappa shape index (κ1) is 18.7. The second kappa shape index (κ2) is 6.80. The third-order valence-corrected chi connectivity index (χ3v) is 2.56. The molecule has 1 rings (SSSR count). The highest BCUT2D eigenvalue weighted by Crippen LogP contribution is 2.13. The van der Waals surface area contributed by atoms with Crippen molar-refractivity contribution in [2.45, 2.75) is 52.7 Å². The number of rotatable bonds is 4. The van der Waals surface area contributed by atoms with Gasteiger partial charge in [-0.3, -0.25) is 0 Å². The molecule has 0 aliphatic carbocycles. The Morgan fingerprint density at radius 1 is 1.26 bits per heavy atom. The van der Waals surface area contributed by atoms with Crippen LogP contribution in [0, 0.1) is 6.92 Å². The van der Waals surface area contributed by atoms with E-state index < -0.39 is 23.2 Å². The summed E-state index contributed by atoms with van der Waals surface area (Å²) in [7, 11) is 0. The number of ether oxygens (including phenoxy) is 2. The molecule has 1 aromatic heterocycles. The van der Waals surface area contributed by atoms with Crippen LogP contribution in [0.15, 0.2) is 6.20 Å². The van der Waals surface area contributed by atoms with Crippen molar-refractivity contribution < 1.29 is 19.1 Å². The number of nitrogens with one attached hydrogen (secondary N) is 1. The van der Waals surface area contributed by atoms with E-state index in [1.807, 2.05) is 0 Å². The van der Waals surface area contributed by atoms with Gasteiger partial charge in [-0.25, -0.2) is 19.6 Å². The Labute approximate surface area is 135 Å². The molecule has 0 saturated carbocycles. The summed E-state index contributed by atoms with van der Waals surface area (Å²) in [4.78, 5) is 31.6. The Morgan fingerprint density at radius 2 is 1.87 bits per heavy atom. The van der Waals surface area contributed by atoms with E-state index in [-0.39, 0.29) is 18.0 Å². The molecule has 0 radical (unpaired) electrons. The van der Waals surface area contributed by atoms with Crippen molar-refractivity contribution in [3.8, 4) is 0 Å². The zero-order valence-electron chi connectivity index (χ0n) is 14.4. The molecule has 0 fully saturated rings. The number of carbonyl (C=O) groups is 2. The van der Waals surface area contributed by atoms with Crippen LogP contribution in [0.3, 0.4) is 0 Å². The fraction of sp³-hybridized carbons (Fsp3) is 0.600. The lowest BCUT2D eigenvalue weighted by molar-refractivity contribution is 0.0285. The van der Waals surface area contributed by atoms with E-state index in [1.165, 1.54) is 6.20 Å². The highest BCUT2D eigenvalue weighted by molar-refractivity contribution is 5.93. The van der Waals surface area contributed by atoms with Gasteiger partial charge in [0.1, 0.15) is 29.4 Å². The highest BCUT2D eigenvalue weighted by Gasteiger charge is 2.26. The van der Waals surface area contributed by atoms with E-state index in [2.05, 4.69) is 15.3 Å². The first-order valence-corrected chi connectivity index (χ1v) is 7.17. The Morgan fingerprint density at radius 3 is 2.39 bits per heavy atom. The van der Waals surface area contributed by atoms with Crippen LogP contribution in [0.2, 0.25) is 0 Å². The van der Waals surface area contributed by atoms with Crippen molar-refractivity contribution in [2.24, 2.45) is 0 Å². The van der Waals surface area contributed by atoms with Gasteiger partial charge in [-0.15, -0.1) is 0 Å². The number of aryl methyl sites for hydroxylation is 1. The molecular formula is C15H24N4O4. The Balaban J connectivity index is 2.61. The molecule has 0 aromatic carbocycles. The third-order valence-electron chi connectivity index (χ3n) is 2.56. The van der Waals surface area contributed by atoms with E-state index in [4.69, 9.17) is 15.2 Å². The number of hydrogen-bond donors (Lipinski definition) is 2. The molecule has 0 spiro atoms. The Bertz CT molecular complexity index is 594. The number of nitrogen functional groups attached to an aromatic ring is 1. The number of aromatic nitrogens is 2. The van der Waals surface area contributed by atoms with Gasteiger partial charge in [0.25, 0.3) is 0 Å². The SMILES string of the molecule is Cc1ncc(C(=O)OCC(C)(C)NC(=O)OC(C)(C)C)c(N)n1. The number of nitrogens with two attached hydrogens (primary N) is 1. The second-order valence-corrected chi connectivity index (χ2v) is 6.80. The fourth-order valence-corrected chi connectivity index (χ4v) is 1.58. The first-order chi connectivity index (χ1) is 10.4. The molecule has 0 aliphatic rings. The summed E-state index contributed by atoms with van der Waals surface area (Å²) >= 11 is 0. The average Bonchev–Trinajstić information content (AvgIpc) is 2.32. The van der Waals surface area contributed by atoms with Crippen molar-refractivity contribution in [1.82, 2.24) is 15.3 Å². The average molecular weight is 324 g/mol. The normalized spacial score (nSPS) is 11.7. The molecule has 0 atom stereocenters. The molecule has 0 unspecified atom stereocenters. The standard InChI is InChI=1S/C15H24N4O4/c1-9-17-7-10(11(16)18-9)12(20)22-8-15(5,6)19-13(21)23-14(2,3)4/h7H,8H2,1-6H3,(H,19,21)(H2,16,17,18). The monoisotopic (exact) mass is 324 g/mol. The van der Waals surface area contributed by atoms with Crippen molar-refractivity contribution in [1.29, 1.82) is 0 Å². The van der Waals surface area contributed by atoms with Crippen molar-refractivity contribution in [3.05, 3.63) is 17.6 Å². The van der Waals surface area contributed by atoms with Gasteiger partial charge in [0.15, 0.2) is 0 Å². The van der Waals surface area contributed by atoms with Crippen molar-refractivity contribution in [3.63, 3.8) is 0 Å². The summed E-state index contributed by atoms with van der Waals surface area (Å²) in [5.74, 6) is -0.132. The molecule has 1 amide bonds. The van der Waals surface area contributed by atoms with Crippen LogP contribution < -0.4 is 11.1 Å². The number of nitrogens with zero attached hydrogens (tertiary/aromatic N) is 2. The molecule has 0 aliphatic heterocycles. The quantitative estimate of drug-likeness (QED) is 0.811. The van der Waals surface area contributed by atoms with Crippen LogP contribution in [0.5, 0.6) is 0 Å². The summed E-state index contributed by atoms with van der Waals surface area (Å²) in [5.41, 5.74) is 4.34. The van der Waals surface area contributed by atoms with Crippen LogP contribution in [0.25, 0.3) is 0 Å². The van der Waals surface area contributed by atoms with Crippen LogP contribution in [-0.4, -0.2) is 39.8 Å². The first-order valence-electron chi connectivity index (χ1n) is 7.17. The molecule has 8 heteroatoms. The maximum Gasteiger partial charge on any atom is 0.408 e. The minimum absolute atomic E-state index is 0.0559. The number of carbonyl (C=O) groups excluding carboxylic acids is 2. The summed E-state index contributed by atoms with van der Waals surface area (Å²) in [5, 5.41) is 2.64. The number of esters is 1. The van der Waals surface area contributed by atoms with Gasteiger partial charge in [-0.05, 0) is 41.5 Å². The van der Waals surface area contributed by atoms with Gasteiger partial charge in [-0.2, -0.15) is 0 Å². The maximum atomic E-state index is 12.0. The van der Waals surface area contributed by atoms with E-state index >= 15 is 0 Å². The zero-order valence-corrected chi connectivity index (χ0v) is 14.4. The van der Waals surface area contributed by atoms with Gasteiger partial charge >= 0.3 is 12.1 Å². The summed E-state index contributed by atoms with van der Waals surface area (Å²) in [6, 6.07) is 0. The number of alkyl carbamates (subject to hydrolysis) is 1. The summed E-state index contributed by atoms with van der Waals surface area (Å²) in [6.45, 7) is 10.3. The molecule has 0 bridgehead atoms. The van der Waals surface area contributed by atoms with Gasteiger partial charge in [0.2, 0.25) is 0 Å². The molecule has 8 nitrogen and oxygen atoms in total. The van der Waals surface area contributed by atoms with Crippen LogP contribution >= 0.6 is 0 Å². The third kappa shape index (κ3) is 6.50. The van der Waals surface area contributed by atoms with E-state index in [0.717, 1.165) is 0 Å². The van der Waals surface area contributed by atoms with E-state index in [0.29, 0.717) is 5.82 Å². The van der Waals surface area contributed by atoms with Crippen LogP contribution in [0.4, 0.5) is 10.6 Å². The van der Waals surface area contributed by atoms with Crippen molar-refractivity contribution in [2.75, 3.05) is 12.3 Å². The molecule has 0 saturated heterocycles. The predicted molar refractivity (Wildman–Crippen MR) is 84.9 cm³/mol. The fourth-order valence-electron chi connectivity index (χ4n) is 1.58. The summed E-state index contributed by atoms with van der Waals surface area (Å²) in [6.07, 6.45) is 0.727. The Kier molecular flexibility index (Phi) is 5.52. The highest BCUT2D eigenvalue weighted by atomic mass is 16.6. The predicted octanol–water partition coefficient (Wildman–Crippen LogP) is 1.83. The van der Waals surface area contributed by atoms with Gasteiger partial charge < -0.3 is 20.5 Å². The van der Waals surface area contributed by atoms with Crippen molar-refractivity contribution >= 4 is 17.9 Å². The molecule has 23 heavy (non-hydrogen) atoms. The minimum Gasteiger partial charge on any atom is -0.459 e. The lowest BCUT2D eigenvalue weighted by Crippen LogP contribution is -2.49. The molecular weight excluding hydrogens is 300 g/mol. The second-order valence-electron chi connectivity index (χ2n) is 6.80. The molecule has 1 heterocycles. The van der Waals surface area contributed by atoms with Gasteiger partial charge in [0, 0.05) is 6.20 Å². The lowest BCUT2D eigenvalue weighted by Gasteiger charge is -2.28. The number of hydrogen-bond acceptors (Lipinski definition) is 7. The molecule has 1 aromatic rings. The van der Waals surface area contributed by atoms with E-state index in [1.54, 1.807) is 41.5 Å². The topological polar surface area (TPSA) is 116 Å². The minimum atomic E-state index is -0.807. The van der Waals surface area contributed by atoms with Crippen LogP contribution in [-0.2, 0) is 9.47 Å². The van der Waals surface area contributed by atoms with Crippen LogP contribution in [0.1, 0.15) is 50.8 Å². The smallest absolute Gasteiger partial charge is 0.408 e. The molecule has 3 N–H and O–H groups in total. The summed E-state index contributed by atoms with van der Waals surface area (Å²) < 4.78 is 10.3. The zero-order chi connectivity index (χ0) is 17.8. The number of amides is 1. The van der Waals surface area contributed by atoms with Gasteiger partial charge in [-0.1, -0.05) is 0 Å². The largest absolute Gasteiger partial charge is 0.459 e. The Hall–Kier alpha value is -2.38. The maximum absolute atomic E-state index is 12.0. The lowest BCUT2D eigenvalue weighted by atomic mass is 10.1.